The summed E-state index contributed by atoms with van der Waals surface area (Å²) in [7, 11) is 0. The Bertz CT molecular complexity index is 824. The van der Waals surface area contributed by atoms with Gasteiger partial charge in [0.25, 0.3) is 0 Å². The molecule has 3 heteroatoms. The smallest absolute Gasteiger partial charge is 0.176 e. The number of rotatable bonds is 2. The molecule has 0 aliphatic rings. The van der Waals surface area contributed by atoms with E-state index in [1.807, 2.05) is 55.5 Å². The monoisotopic (exact) mass is 346 g/mol. The minimum absolute atomic E-state index is 0.0888. The third-order valence-electron chi connectivity index (χ3n) is 3.46. The Kier molecular flexibility index (Phi) is 3.53. The lowest BCUT2D eigenvalue weighted by Gasteiger charge is -2.09. The summed E-state index contributed by atoms with van der Waals surface area (Å²) < 4.78 is 0. The molecule has 1 nitrogen and oxygen atoms in total. The van der Waals surface area contributed by atoms with Crippen LogP contribution in [0.4, 0.5) is 0 Å². The van der Waals surface area contributed by atoms with Crippen LogP contribution in [-0.2, 0) is 0 Å². The van der Waals surface area contributed by atoms with Gasteiger partial charge in [-0.1, -0.05) is 63.9 Å². The first-order chi connectivity index (χ1) is 9.58. The maximum absolute atomic E-state index is 12.1. The molecule has 0 fully saturated rings. The minimum Gasteiger partial charge on any atom is -0.293 e. The first-order valence-corrected chi connectivity index (χ1v) is 7.66. The van der Waals surface area contributed by atoms with Gasteiger partial charge in [-0.25, -0.2) is 0 Å². The maximum Gasteiger partial charge on any atom is 0.176 e. The number of carbonyl (C=O) groups excluding carboxylic acids is 1. The Balaban J connectivity index is 2.35. The summed E-state index contributed by atoms with van der Waals surface area (Å²) in [6.45, 7) is 1.84. The number of alkyl halides is 1. The van der Waals surface area contributed by atoms with Crippen molar-refractivity contribution in [2.45, 2.75) is 11.8 Å². The zero-order valence-electron chi connectivity index (χ0n) is 10.9. The summed E-state index contributed by atoms with van der Waals surface area (Å²) in [5.41, 5.74) is 0.717. The fraction of sp³-hybridized carbons (Fsp3) is 0.118. The molecule has 1 atom stereocenters. The molecule has 3 aromatic carbocycles. The van der Waals surface area contributed by atoms with E-state index < -0.39 is 0 Å². The molecule has 3 rings (SSSR count). The number of hydrogen-bond acceptors (Lipinski definition) is 1. The third-order valence-corrected chi connectivity index (χ3v) is 4.18. The van der Waals surface area contributed by atoms with Gasteiger partial charge >= 0.3 is 0 Å². The average molecular weight is 348 g/mol. The van der Waals surface area contributed by atoms with Crippen LogP contribution in [0.2, 0.25) is 5.02 Å². The fourth-order valence-electron chi connectivity index (χ4n) is 2.44. The molecular formula is C17H12BrClO. The van der Waals surface area contributed by atoms with Crippen LogP contribution in [-0.4, -0.2) is 10.6 Å². The molecule has 0 radical (unpaired) electrons. The highest BCUT2D eigenvalue weighted by Crippen LogP contribution is 2.32. The molecule has 3 aromatic rings. The Morgan fingerprint density at radius 1 is 1.05 bits per heavy atom. The molecule has 0 aliphatic carbocycles. The standard InChI is InChI=1S/C17H12BrClO/c1-10(18)17(20)12-7-6-11-9-16(19)14-5-3-2-4-13(14)15(11)8-12/h2-10H,1H3. The van der Waals surface area contributed by atoms with Gasteiger partial charge in [-0.05, 0) is 35.2 Å². The Labute approximate surface area is 130 Å². The summed E-state index contributed by atoms with van der Waals surface area (Å²) in [4.78, 5) is 11.9. The van der Waals surface area contributed by atoms with Crippen molar-refractivity contribution < 1.29 is 4.79 Å². The van der Waals surface area contributed by atoms with Crippen LogP contribution in [0.25, 0.3) is 21.5 Å². The Morgan fingerprint density at radius 2 is 1.75 bits per heavy atom. The van der Waals surface area contributed by atoms with Crippen LogP contribution in [0.5, 0.6) is 0 Å². The van der Waals surface area contributed by atoms with Gasteiger partial charge in [0.05, 0.1) is 4.83 Å². The second kappa shape index (κ2) is 5.19. The van der Waals surface area contributed by atoms with Gasteiger partial charge in [0.15, 0.2) is 5.78 Å². The van der Waals surface area contributed by atoms with E-state index in [1.54, 1.807) is 0 Å². The van der Waals surface area contributed by atoms with Crippen molar-refractivity contribution in [1.82, 2.24) is 0 Å². The highest BCUT2D eigenvalue weighted by Gasteiger charge is 2.13. The highest BCUT2D eigenvalue weighted by atomic mass is 79.9. The van der Waals surface area contributed by atoms with Crippen molar-refractivity contribution in [2.75, 3.05) is 0 Å². The fourth-order valence-corrected chi connectivity index (χ4v) is 2.99. The summed E-state index contributed by atoms with van der Waals surface area (Å²) in [6.07, 6.45) is 0. The van der Waals surface area contributed by atoms with Crippen LogP contribution in [0, 0.1) is 0 Å². The van der Waals surface area contributed by atoms with Crippen molar-refractivity contribution in [1.29, 1.82) is 0 Å². The van der Waals surface area contributed by atoms with Gasteiger partial charge in [-0.15, -0.1) is 0 Å². The van der Waals surface area contributed by atoms with Crippen LogP contribution < -0.4 is 0 Å². The lowest BCUT2D eigenvalue weighted by atomic mass is 9.98. The predicted molar refractivity (Wildman–Crippen MR) is 89.2 cm³/mol. The molecule has 0 saturated heterocycles. The summed E-state index contributed by atoms with van der Waals surface area (Å²) in [6, 6.07) is 15.7. The molecule has 0 N–H and O–H groups in total. The van der Waals surface area contributed by atoms with Crippen LogP contribution in [0.1, 0.15) is 17.3 Å². The maximum atomic E-state index is 12.1. The summed E-state index contributed by atoms with van der Waals surface area (Å²) in [5, 5.41) is 4.93. The first-order valence-electron chi connectivity index (χ1n) is 6.37. The molecule has 0 bridgehead atoms. The van der Waals surface area contributed by atoms with Crippen molar-refractivity contribution in [3.63, 3.8) is 0 Å². The molecule has 0 heterocycles. The largest absolute Gasteiger partial charge is 0.293 e. The van der Waals surface area contributed by atoms with E-state index in [9.17, 15) is 4.79 Å². The van der Waals surface area contributed by atoms with Gasteiger partial charge in [0.1, 0.15) is 0 Å². The van der Waals surface area contributed by atoms with Gasteiger partial charge in [0.2, 0.25) is 0 Å². The molecule has 0 amide bonds. The SMILES string of the molecule is CC(Br)C(=O)c1ccc2cc(Cl)c3ccccc3c2c1. The van der Waals surface area contributed by atoms with Gasteiger partial charge in [0, 0.05) is 16.0 Å². The number of fused-ring (bicyclic) bond motifs is 3. The molecule has 0 spiro atoms. The third kappa shape index (κ3) is 2.23. The van der Waals surface area contributed by atoms with Crippen molar-refractivity contribution in [2.24, 2.45) is 0 Å². The van der Waals surface area contributed by atoms with E-state index in [2.05, 4.69) is 15.9 Å². The molecule has 0 aliphatic heterocycles. The number of halogens is 2. The minimum atomic E-state index is -0.182. The van der Waals surface area contributed by atoms with E-state index in [0.29, 0.717) is 5.56 Å². The van der Waals surface area contributed by atoms with Crippen molar-refractivity contribution in [3.05, 3.63) is 59.1 Å². The number of Topliss-reactive ketones (excluding diaryl/α,β-unsaturated/α-hetero) is 1. The topological polar surface area (TPSA) is 17.1 Å². The van der Waals surface area contributed by atoms with E-state index in [-0.39, 0.29) is 10.6 Å². The number of benzene rings is 3. The second-order valence-electron chi connectivity index (χ2n) is 4.82. The van der Waals surface area contributed by atoms with Gasteiger partial charge in [-0.2, -0.15) is 0 Å². The molecule has 100 valence electrons. The van der Waals surface area contributed by atoms with Gasteiger partial charge < -0.3 is 0 Å². The van der Waals surface area contributed by atoms with E-state index in [0.717, 1.165) is 26.6 Å². The molecule has 0 saturated carbocycles. The summed E-state index contributed by atoms with van der Waals surface area (Å²) in [5.74, 6) is 0.0888. The van der Waals surface area contributed by atoms with Gasteiger partial charge in [-0.3, -0.25) is 4.79 Å². The molecule has 1 unspecified atom stereocenters. The van der Waals surface area contributed by atoms with Crippen LogP contribution >= 0.6 is 27.5 Å². The lowest BCUT2D eigenvalue weighted by Crippen LogP contribution is -2.09. The van der Waals surface area contributed by atoms with Crippen LogP contribution in [0.15, 0.2) is 48.5 Å². The van der Waals surface area contributed by atoms with Crippen molar-refractivity contribution >= 4 is 54.9 Å². The van der Waals surface area contributed by atoms with Crippen LogP contribution in [0.3, 0.4) is 0 Å². The average Bonchev–Trinajstić information content (AvgIpc) is 2.46. The first kappa shape index (κ1) is 13.6. The number of ketones is 1. The Hall–Kier alpha value is -1.38. The number of hydrogen-bond donors (Lipinski definition) is 0. The molecular weight excluding hydrogens is 336 g/mol. The quantitative estimate of drug-likeness (QED) is 0.334. The Morgan fingerprint density at radius 3 is 2.45 bits per heavy atom. The number of carbonyl (C=O) groups is 1. The lowest BCUT2D eigenvalue weighted by molar-refractivity contribution is 0.0996. The van der Waals surface area contributed by atoms with E-state index in [1.165, 1.54) is 0 Å². The van der Waals surface area contributed by atoms with E-state index >= 15 is 0 Å². The summed E-state index contributed by atoms with van der Waals surface area (Å²) >= 11 is 9.65. The normalized spacial score (nSPS) is 12.8. The predicted octanol–water partition coefficient (Wildman–Crippen LogP) is 5.61. The zero-order valence-corrected chi connectivity index (χ0v) is 13.2. The second-order valence-corrected chi connectivity index (χ2v) is 6.60. The highest BCUT2D eigenvalue weighted by molar-refractivity contribution is 9.10. The zero-order chi connectivity index (χ0) is 14.3. The molecule has 0 aromatic heterocycles. The van der Waals surface area contributed by atoms with E-state index in [4.69, 9.17) is 11.6 Å². The van der Waals surface area contributed by atoms with Crippen molar-refractivity contribution in [3.8, 4) is 0 Å². The molecule has 20 heavy (non-hydrogen) atoms.